The summed E-state index contributed by atoms with van der Waals surface area (Å²) in [7, 11) is 0. The SMILES string of the molecule is CCCCC(=O)OC(CC)CC(=O)OCC. The van der Waals surface area contributed by atoms with E-state index in [4.69, 9.17) is 9.47 Å². The summed E-state index contributed by atoms with van der Waals surface area (Å²) in [5.41, 5.74) is 0. The van der Waals surface area contributed by atoms with E-state index >= 15 is 0 Å². The number of carbonyl (C=O) groups is 2. The second-order valence-corrected chi connectivity index (χ2v) is 3.63. The van der Waals surface area contributed by atoms with Crippen molar-refractivity contribution in [3.8, 4) is 0 Å². The van der Waals surface area contributed by atoms with Gasteiger partial charge in [0.2, 0.25) is 0 Å². The van der Waals surface area contributed by atoms with Crippen LogP contribution in [-0.2, 0) is 19.1 Å². The molecule has 1 unspecified atom stereocenters. The Morgan fingerprint density at radius 3 is 2.31 bits per heavy atom. The summed E-state index contributed by atoms with van der Waals surface area (Å²) in [6.07, 6.45) is 2.66. The van der Waals surface area contributed by atoms with Crippen LogP contribution >= 0.6 is 0 Å². The van der Waals surface area contributed by atoms with E-state index in [1.54, 1.807) is 6.92 Å². The van der Waals surface area contributed by atoms with Crippen LogP contribution in [0.25, 0.3) is 0 Å². The van der Waals surface area contributed by atoms with E-state index in [0.717, 1.165) is 12.8 Å². The molecule has 4 heteroatoms. The zero-order valence-electron chi connectivity index (χ0n) is 10.5. The normalized spacial score (nSPS) is 11.9. The van der Waals surface area contributed by atoms with Gasteiger partial charge in [0, 0.05) is 6.42 Å². The molecule has 0 aromatic carbocycles. The number of rotatable bonds is 8. The number of esters is 2. The maximum Gasteiger partial charge on any atom is 0.309 e. The van der Waals surface area contributed by atoms with Crippen LogP contribution in [0.4, 0.5) is 0 Å². The van der Waals surface area contributed by atoms with Crippen molar-refractivity contribution in [2.45, 2.75) is 59.0 Å². The molecule has 0 rings (SSSR count). The summed E-state index contributed by atoms with van der Waals surface area (Å²) in [5, 5.41) is 0. The Balaban J connectivity index is 3.90. The Kier molecular flexibility index (Phi) is 8.58. The van der Waals surface area contributed by atoms with Gasteiger partial charge in [-0.3, -0.25) is 9.59 Å². The summed E-state index contributed by atoms with van der Waals surface area (Å²) < 4.78 is 9.99. The highest BCUT2D eigenvalue weighted by Crippen LogP contribution is 2.08. The average molecular weight is 230 g/mol. The van der Waals surface area contributed by atoms with Gasteiger partial charge in [-0.25, -0.2) is 0 Å². The van der Waals surface area contributed by atoms with E-state index < -0.39 is 0 Å². The first-order valence-corrected chi connectivity index (χ1v) is 5.99. The van der Waals surface area contributed by atoms with E-state index in [-0.39, 0.29) is 24.5 Å². The molecule has 94 valence electrons. The van der Waals surface area contributed by atoms with Gasteiger partial charge in [0.05, 0.1) is 13.0 Å². The van der Waals surface area contributed by atoms with Gasteiger partial charge >= 0.3 is 11.9 Å². The van der Waals surface area contributed by atoms with Gasteiger partial charge in [-0.05, 0) is 19.8 Å². The fourth-order valence-corrected chi connectivity index (χ4v) is 1.24. The predicted molar refractivity (Wildman–Crippen MR) is 60.9 cm³/mol. The minimum Gasteiger partial charge on any atom is -0.466 e. The lowest BCUT2D eigenvalue weighted by molar-refractivity contribution is -0.155. The highest BCUT2D eigenvalue weighted by atomic mass is 16.6. The molecule has 0 saturated heterocycles. The van der Waals surface area contributed by atoms with Gasteiger partial charge < -0.3 is 9.47 Å². The molecule has 0 aliphatic heterocycles. The Morgan fingerprint density at radius 1 is 1.12 bits per heavy atom. The van der Waals surface area contributed by atoms with Crippen LogP contribution in [0.2, 0.25) is 0 Å². The van der Waals surface area contributed by atoms with Crippen LogP contribution in [0.15, 0.2) is 0 Å². The minimum atomic E-state index is -0.344. The monoisotopic (exact) mass is 230 g/mol. The molecule has 0 aromatic heterocycles. The van der Waals surface area contributed by atoms with E-state index in [0.29, 0.717) is 19.4 Å². The number of carbonyl (C=O) groups excluding carboxylic acids is 2. The molecule has 0 aliphatic carbocycles. The fourth-order valence-electron chi connectivity index (χ4n) is 1.24. The topological polar surface area (TPSA) is 52.6 Å². The molecule has 0 bridgehead atoms. The fraction of sp³-hybridized carbons (Fsp3) is 0.833. The molecule has 16 heavy (non-hydrogen) atoms. The third-order valence-corrected chi connectivity index (χ3v) is 2.19. The summed E-state index contributed by atoms with van der Waals surface area (Å²) in [6, 6.07) is 0. The van der Waals surface area contributed by atoms with Crippen molar-refractivity contribution in [3.05, 3.63) is 0 Å². The van der Waals surface area contributed by atoms with E-state index in [2.05, 4.69) is 0 Å². The van der Waals surface area contributed by atoms with Crippen molar-refractivity contribution in [1.29, 1.82) is 0 Å². The lowest BCUT2D eigenvalue weighted by Gasteiger charge is -2.15. The van der Waals surface area contributed by atoms with Crippen molar-refractivity contribution in [2.75, 3.05) is 6.61 Å². The maximum atomic E-state index is 11.3. The lowest BCUT2D eigenvalue weighted by Crippen LogP contribution is -2.22. The van der Waals surface area contributed by atoms with Crippen molar-refractivity contribution >= 4 is 11.9 Å². The molecule has 1 atom stereocenters. The smallest absolute Gasteiger partial charge is 0.309 e. The van der Waals surface area contributed by atoms with Gasteiger partial charge in [0.15, 0.2) is 0 Å². The molecular formula is C12H22O4. The lowest BCUT2D eigenvalue weighted by atomic mass is 10.2. The number of hydrogen-bond acceptors (Lipinski definition) is 4. The molecule has 0 heterocycles. The highest BCUT2D eigenvalue weighted by molar-refractivity contribution is 5.72. The largest absolute Gasteiger partial charge is 0.466 e. The minimum absolute atomic E-state index is 0.155. The average Bonchev–Trinajstić information content (AvgIpc) is 2.25. The highest BCUT2D eigenvalue weighted by Gasteiger charge is 2.16. The molecule has 0 saturated carbocycles. The van der Waals surface area contributed by atoms with Gasteiger partial charge in [-0.2, -0.15) is 0 Å². The zero-order valence-corrected chi connectivity index (χ0v) is 10.5. The molecule has 4 nitrogen and oxygen atoms in total. The molecular weight excluding hydrogens is 208 g/mol. The number of ether oxygens (including phenoxy) is 2. The first-order chi connectivity index (χ1) is 7.63. The summed E-state index contributed by atoms with van der Waals surface area (Å²) in [6.45, 7) is 6.02. The number of hydrogen-bond donors (Lipinski definition) is 0. The third-order valence-electron chi connectivity index (χ3n) is 2.19. The predicted octanol–water partition coefficient (Wildman–Crippen LogP) is 2.45. The third kappa shape index (κ3) is 7.26. The molecule has 0 amide bonds. The zero-order chi connectivity index (χ0) is 12.4. The van der Waals surface area contributed by atoms with Crippen LogP contribution in [0.5, 0.6) is 0 Å². The van der Waals surface area contributed by atoms with E-state index in [1.165, 1.54) is 0 Å². The summed E-state index contributed by atoms with van der Waals surface area (Å²) in [5.74, 6) is -0.532. The Labute approximate surface area is 97.3 Å². The Bertz CT molecular complexity index is 213. The van der Waals surface area contributed by atoms with Crippen LogP contribution < -0.4 is 0 Å². The van der Waals surface area contributed by atoms with Gasteiger partial charge in [-0.15, -0.1) is 0 Å². The van der Waals surface area contributed by atoms with Crippen LogP contribution in [0, 0.1) is 0 Å². The van der Waals surface area contributed by atoms with Crippen molar-refractivity contribution in [2.24, 2.45) is 0 Å². The van der Waals surface area contributed by atoms with Crippen LogP contribution in [0.1, 0.15) is 52.9 Å². The maximum absolute atomic E-state index is 11.3. The standard InChI is InChI=1S/C12H22O4/c1-4-7-8-11(13)16-10(5-2)9-12(14)15-6-3/h10H,4-9H2,1-3H3. The summed E-state index contributed by atoms with van der Waals surface area (Å²) in [4.78, 5) is 22.5. The Morgan fingerprint density at radius 2 is 1.81 bits per heavy atom. The molecule has 0 spiro atoms. The van der Waals surface area contributed by atoms with Gasteiger partial charge in [0.1, 0.15) is 6.10 Å². The van der Waals surface area contributed by atoms with E-state index in [1.807, 2.05) is 13.8 Å². The second-order valence-electron chi connectivity index (χ2n) is 3.63. The van der Waals surface area contributed by atoms with Crippen molar-refractivity contribution < 1.29 is 19.1 Å². The van der Waals surface area contributed by atoms with Crippen LogP contribution in [0.3, 0.4) is 0 Å². The molecule has 0 radical (unpaired) electrons. The van der Waals surface area contributed by atoms with Crippen LogP contribution in [-0.4, -0.2) is 24.6 Å². The molecule has 0 aliphatic rings. The Hall–Kier alpha value is -1.06. The molecule has 0 N–H and O–H groups in total. The van der Waals surface area contributed by atoms with Crippen molar-refractivity contribution in [3.63, 3.8) is 0 Å². The molecule has 0 aromatic rings. The van der Waals surface area contributed by atoms with Gasteiger partial charge in [-0.1, -0.05) is 20.3 Å². The summed E-state index contributed by atoms with van der Waals surface area (Å²) >= 11 is 0. The van der Waals surface area contributed by atoms with Crippen molar-refractivity contribution in [1.82, 2.24) is 0 Å². The first-order valence-electron chi connectivity index (χ1n) is 5.99. The quantitative estimate of drug-likeness (QED) is 0.601. The van der Waals surface area contributed by atoms with Gasteiger partial charge in [0.25, 0.3) is 0 Å². The van der Waals surface area contributed by atoms with E-state index in [9.17, 15) is 9.59 Å². The number of unbranched alkanes of at least 4 members (excludes halogenated alkanes) is 1. The first kappa shape index (κ1) is 14.9. The second kappa shape index (κ2) is 9.19. The molecule has 0 fully saturated rings.